The molecule has 0 unspecified atom stereocenters. The van der Waals surface area contributed by atoms with Crippen LogP contribution >= 0.6 is 0 Å². The molecule has 1 aliphatic rings. The Morgan fingerprint density at radius 2 is 1.95 bits per heavy atom. The minimum atomic E-state index is 0.241. The molecular weight excluding hydrogens is 246 g/mol. The van der Waals surface area contributed by atoms with Crippen LogP contribution in [-0.4, -0.2) is 37.6 Å². The molecule has 1 aliphatic carbocycles. The third kappa shape index (κ3) is 7.26. The van der Waals surface area contributed by atoms with Gasteiger partial charge in [-0.3, -0.25) is 0 Å². The predicted molar refractivity (Wildman–Crippen MR) is 85.6 cm³/mol. The van der Waals surface area contributed by atoms with Gasteiger partial charge in [0.1, 0.15) is 0 Å². The van der Waals surface area contributed by atoms with E-state index in [2.05, 4.69) is 37.2 Å². The molecule has 20 heavy (non-hydrogen) atoms. The van der Waals surface area contributed by atoms with Gasteiger partial charge in [-0.25, -0.2) is 0 Å². The van der Waals surface area contributed by atoms with E-state index in [4.69, 9.17) is 5.26 Å². The van der Waals surface area contributed by atoms with Crippen LogP contribution in [0.4, 0.5) is 0 Å². The Labute approximate surface area is 125 Å². The van der Waals surface area contributed by atoms with Gasteiger partial charge in [-0.1, -0.05) is 33.1 Å². The first kappa shape index (κ1) is 17.5. The average molecular weight is 279 g/mol. The SMILES string of the molecule is CN(CCCNCC(C)(C)CCC#N)C1CCCCC1. The van der Waals surface area contributed by atoms with Crippen molar-refractivity contribution in [2.45, 2.75) is 71.3 Å². The van der Waals surface area contributed by atoms with Crippen molar-refractivity contribution in [3.05, 3.63) is 0 Å². The highest BCUT2D eigenvalue weighted by molar-refractivity contribution is 4.79. The summed E-state index contributed by atoms with van der Waals surface area (Å²) in [5.41, 5.74) is 0.241. The maximum Gasteiger partial charge on any atom is 0.0621 e. The lowest BCUT2D eigenvalue weighted by Crippen LogP contribution is -2.36. The molecule has 1 saturated carbocycles. The molecule has 0 aromatic carbocycles. The highest BCUT2D eigenvalue weighted by atomic mass is 15.1. The smallest absolute Gasteiger partial charge is 0.0621 e. The third-order valence-electron chi connectivity index (χ3n) is 4.58. The quantitative estimate of drug-likeness (QED) is 0.656. The van der Waals surface area contributed by atoms with Gasteiger partial charge >= 0.3 is 0 Å². The summed E-state index contributed by atoms with van der Waals surface area (Å²) < 4.78 is 0. The maximum atomic E-state index is 8.65. The van der Waals surface area contributed by atoms with E-state index in [0.717, 1.165) is 25.6 Å². The summed E-state index contributed by atoms with van der Waals surface area (Å²) in [6, 6.07) is 3.07. The first-order chi connectivity index (χ1) is 9.55. The number of hydrogen-bond donors (Lipinski definition) is 1. The number of nitrogens with one attached hydrogen (secondary N) is 1. The van der Waals surface area contributed by atoms with Gasteiger partial charge in [-0.05, 0) is 51.2 Å². The summed E-state index contributed by atoms with van der Waals surface area (Å²) in [5, 5.41) is 12.2. The standard InChI is InChI=1S/C17H33N3/c1-17(2,11-7-12-18)15-19-13-8-14-20(3)16-9-5-4-6-10-16/h16,19H,4-11,13-15H2,1-3H3. The molecule has 1 fully saturated rings. The summed E-state index contributed by atoms with van der Waals surface area (Å²) in [5.74, 6) is 0. The van der Waals surface area contributed by atoms with Gasteiger partial charge < -0.3 is 10.2 Å². The highest BCUT2D eigenvalue weighted by Crippen LogP contribution is 2.22. The fraction of sp³-hybridized carbons (Fsp3) is 0.941. The highest BCUT2D eigenvalue weighted by Gasteiger charge is 2.18. The molecule has 3 nitrogen and oxygen atoms in total. The van der Waals surface area contributed by atoms with Crippen molar-refractivity contribution in [1.82, 2.24) is 10.2 Å². The fourth-order valence-corrected chi connectivity index (χ4v) is 3.07. The number of hydrogen-bond acceptors (Lipinski definition) is 3. The molecule has 0 atom stereocenters. The summed E-state index contributed by atoms with van der Waals surface area (Å²) in [4.78, 5) is 2.56. The zero-order chi connectivity index (χ0) is 14.8. The lowest BCUT2D eigenvalue weighted by molar-refractivity contribution is 0.188. The number of rotatable bonds is 9. The molecule has 1 N–H and O–H groups in total. The second kappa shape index (κ2) is 9.37. The Morgan fingerprint density at radius 1 is 1.25 bits per heavy atom. The Morgan fingerprint density at radius 3 is 2.60 bits per heavy atom. The van der Waals surface area contributed by atoms with Crippen LogP contribution in [0.15, 0.2) is 0 Å². The van der Waals surface area contributed by atoms with Gasteiger partial charge in [0.25, 0.3) is 0 Å². The summed E-state index contributed by atoms with van der Waals surface area (Å²) >= 11 is 0. The number of nitrogens with zero attached hydrogens (tertiary/aromatic N) is 2. The van der Waals surface area contributed by atoms with Crippen molar-refractivity contribution >= 4 is 0 Å². The predicted octanol–water partition coefficient (Wildman–Crippen LogP) is 3.56. The second-order valence-electron chi connectivity index (χ2n) is 7.13. The molecule has 0 aromatic heterocycles. The van der Waals surface area contributed by atoms with Gasteiger partial charge in [-0.2, -0.15) is 5.26 Å². The molecule has 0 aromatic rings. The van der Waals surface area contributed by atoms with Crippen LogP contribution in [0.2, 0.25) is 0 Å². The first-order valence-corrected chi connectivity index (χ1v) is 8.33. The molecule has 0 amide bonds. The van der Waals surface area contributed by atoms with E-state index in [1.807, 2.05) is 0 Å². The minimum Gasteiger partial charge on any atom is -0.316 e. The zero-order valence-electron chi connectivity index (χ0n) is 13.7. The zero-order valence-corrected chi connectivity index (χ0v) is 13.7. The second-order valence-corrected chi connectivity index (χ2v) is 7.13. The Hall–Kier alpha value is -0.590. The van der Waals surface area contributed by atoms with Crippen LogP contribution in [0.25, 0.3) is 0 Å². The van der Waals surface area contributed by atoms with Gasteiger partial charge in [0.2, 0.25) is 0 Å². The topological polar surface area (TPSA) is 39.1 Å². The van der Waals surface area contributed by atoms with Gasteiger partial charge in [0.15, 0.2) is 0 Å². The molecule has 0 saturated heterocycles. The summed E-state index contributed by atoms with van der Waals surface area (Å²) in [6.45, 7) is 7.79. The summed E-state index contributed by atoms with van der Waals surface area (Å²) in [7, 11) is 2.28. The summed E-state index contributed by atoms with van der Waals surface area (Å²) in [6.07, 6.45) is 9.93. The molecule has 0 spiro atoms. The van der Waals surface area contributed by atoms with Crippen molar-refractivity contribution in [2.75, 3.05) is 26.7 Å². The van der Waals surface area contributed by atoms with E-state index in [1.165, 1.54) is 45.1 Å². The van der Waals surface area contributed by atoms with Crippen LogP contribution in [0, 0.1) is 16.7 Å². The number of nitriles is 1. The van der Waals surface area contributed by atoms with E-state index >= 15 is 0 Å². The van der Waals surface area contributed by atoms with E-state index in [1.54, 1.807) is 0 Å². The monoisotopic (exact) mass is 279 g/mol. The van der Waals surface area contributed by atoms with E-state index in [0.29, 0.717) is 6.42 Å². The minimum absolute atomic E-state index is 0.241. The largest absolute Gasteiger partial charge is 0.316 e. The molecule has 116 valence electrons. The van der Waals surface area contributed by atoms with Crippen molar-refractivity contribution in [3.8, 4) is 6.07 Å². The fourth-order valence-electron chi connectivity index (χ4n) is 3.07. The van der Waals surface area contributed by atoms with Crippen LogP contribution in [0.5, 0.6) is 0 Å². The molecule has 0 radical (unpaired) electrons. The maximum absolute atomic E-state index is 8.65. The normalized spacial score (nSPS) is 17.4. The van der Waals surface area contributed by atoms with Crippen molar-refractivity contribution < 1.29 is 0 Å². The van der Waals surface area contributed by atoms with Gasteiger partial charge in [0, 0.05) is 19.0 Å². The third-order valence-corrected chi connectivity index (χ3v) is 4.58. The van der Waals surface area contributed by atoms with Crippen LogP contribution in [-0.2, 0) is 0 Å². The lowest BCUT2D eigenvalue weighted by atomic mass is 9.88. The Balaban J connectivity index is 2.05. The average Bonchev–Trinajstić information content (AvgIpc) is 2.45. The molecule has 0 heterocycles. The Bertz CT molecular complexity index is 287. The molecule has 0 aliphatic heterocycles. The lowest BCUT2D eigenvalue weighted by Gasteiger charge is -2.31. The van der Waals surface area contributed by atoms with Crippen molar-refractivity contribution in [2.24, 2.45) is 5.41 Å². The van der Waals surface area contributed by atoms with Gasteiger partial charge in [-0.15, -0.1) is 0 Å². The van der Waals surface area contributed by atoms with E-state index < -0.39 is 0 Å². The van der Waals surface area contributed by atoms with Crippen LogP contribution in [0.3, 0.4) is 0 Å². The van der Waals surface area contributed by atoms with E-state index in [-0.39, 0.29) is 5.41 Å². The van der Waals surface area contributed by atoms with E-state index in [9.17, 15) is 0 Å². The van der Waals surface area contributed by atoms with Crippen LogP contribution < -0.4 is 5.32 Å². The van der Waals surface area contributed by atoms with Crippen molar-refractivity contribution in [3.63, 3.8) is 0 Å². The Kier molecular flexibility index (Phi) is 8.18. The molecular formula is C17H33N3. The van der Waals surface area contributed by atoms with Crippen molar-refractivity contribution in [1.29, 1.82) is 5.26 Å². The van der Waals surface area contributed by atoms with Crippen LogP contribution in [0.1, 0.15) is 65.2 Å². The first-order valence-electron chi connectivity index (χ1n) is 8.33. The molecule has 3 heteroatoms. The molecule has 1 rings (SSSR count). The van der Waals surface area contributed by atoms with Gasteiger partial charge in [0.05, 0.1) is 6.07 Å². The molecule has 0 bridgehead atoms.